The molecule has 3 nitrogen and oxygen atoms in total. The number of hydrogen-bond acceptors (Lipinski definition) is 3. The number of rotatable bonds is 5. The van der Waals surface area contributed by atoms with Crippen LogP contribution in [0.25, 0.3) is 0 Å². The van der Waals surface area contributed by atoms with Crippen molar-refractivity contribution in [2.75, 3.05) is 25.0 Å². The molecule has 1 aromatic carbocycles. The van der Waals surface area contributed by atoms with Crippen molar-refractivity contribution in [1.82, 2.24) is 4.90 Å². The Balaban J connectivity index is 1.87. The Morgan fingerprint density at radius 1 is 1.29 bits per heavy atom. The van der Waals surface area contributed by atoms with Crippen LogP contribution in [0.3, 0.4) is 0 Å². The summed E-state index contributed by atoms with van der Waals surface area (Å²) in [4.78, 5) is 2.42. The SMILES string of the molecule is CCCN1CCC(Nc2cccc(OC(F)(F)F)c2)CC1. The van der Waals surface area contributed by atoms with E-state index in [0.717, 1.165) is 38.9 Å². The quantitative estimate of drug-likeness (QED) is 0.893. The van der Waals surface area contributed by atoms with E-state index in [1.165, 1.54) is 12.1 Å². The van der Waals surface area contributed by atoms with Crippen molar-refractivity contribution in [2.45, 2.75) is 38.6 Å². The molecule has 1 fully saturated rings. The van der Waals surface area contributed by atoms with E-state index in [1.807, 2.05) is 0 Å². The highest BCUT2D eigenvalue weighted by molar-refractivity contribution is 5.49. The van der Waals surface area contributed by atoms with Gasteiger partial charge in [0.2, 0.25) is 0 Å². The van der Waals surface area contributed by atoms with Crippen LogP contribution in [0.2, 0.25) is 0 Å². The van der Waals surface area contributed by atoms with Crippen LogP contribution in [0.15, 0.2) is 24.3 Å². The van der Waals surface area contributed by atoms with Gasteiger partial charge in [-0.1, -0.05) is 13.0 Å². The Morgan fingerprint density at radius 3 is 2.62 bits per heavy atom. The Morgan fingerprint density at radius 2 is 2.00 bits per heavy atom. The van der Waals surface area contributed by atoms with E-state index >= 15 is 0 Å². The van der Waals surface area contributed by atoms with Gasteiger partial charge >= 0.3 is 6.36 Å². The lowest BCUT2D eigenvalue weighted by Gasteiger charge is -2.32. The fourth-order valence-corrected chi connectivity index (χ4v) is 2.64. The highest BCUT2D eigenvalue weighted by Gasteiger charge is 2.31. The number of piperidine rings is 1. The first kappa shape index (κ1) is 15.9. The van der Waals surface area contributed by atoms with Crippen LogP contribution in [-0.4, -0.2) is 36.9 Å². The van der Waals surface area contributed by atoms with Gasteiger partial charge in [0.05, 0.1) is 0 Å². The van der Waals surface area contributed by atoms with Crippen molar-refractivity contribution in [3.63, 3.8) is 0 Å². The number of benzene rings is 1. The van der Waals surface area contributed by atoms with E-state index in [4.69, 9.17) is 0 Å². The zero-order valence-electron chi connectivity index (χ0n) is 12.1. The highest BCUT2D eigenvalue weighted by Crippen LogP contribution is 2.26. The molecule has 0 amide bonds. The lowest BCUT2D eigenvalue weighted by Crippen LogP contribution is -2.39. The summed E-state index contributed by atoms with van der Waals surface area (Å²) < 4.78 is 40.5. The van der Waals surface area contributed by atoms with E-state index in [0.29, 0.717) is 11.7 Å². The second kappa shape index (κ2) is 7.02. The van der Waals surface area contributed by atoms with Crippen LogP contribution >= 0.6 is 0 Å². The fourth-order valence-electron chi connectivity index (χ4n) is 2.64. The third-order valence-corrected chi connectivity index (χ3v) is 3.57. The molecule has 1 aromatic rings. The molecule has 0 aromatic heterocycles. The number of likely N-dealkylation sites (tertiary alicyclic amines) is 1. The summed E-state index contributed by atoms with van der Waals surface area (Å²) in [5, 5.41) is 3.30. The summed E-state index contributed by atoms with van der Waals surface area (Å²) in [5.41, 5.74) is 0.672. The zero-order chi connectivity index (χ0) is 15.3. The van der Waals surface area contributed by atoms with Gasteiger partial charge in [-0.15, -0.1) is 13.2 Å². The molecule has 1 N–H and O–H groups in total. The summed E-state index contributed by atoms with van der Waals surface area (Å²) in [6.45, 7) is 5.34. The van der Waals surface area contributed by atoms with Crippen LogP contribution in [0, 0.1) is 0 Å². The molecule has 1 saturated heterocycles. The summed E-state index contributed by atoms with van der Waals surface area (Å²) in [7, 11) is 0. The van der Waals surface area contributed by atoms with Crippen molar-refractivity contribution in [1.29, 1.82) is 0 Å². The molecule has 0 saturated carbocycles. The van der Waals surface area contributed by atoms with E-state index in [1.54, 1.807) is 12.1 Å². The molecule has 0 atom stereocenters. The van der Waals surface area contributed by atoms with E-state index < -0.39 is 6.36 Å². The predicted molar refractivity (Wildman–Crippen MR) is 76.5 cm³/mol. The van der Waals surface area contributed by atoms with Gasteiger partial charge in [-0.2, -0.15) is 0 Å². The molecule has 0 unspecified atom stereocenters. The van der Waals surface area contributed by atoms with Crippen LogP contribution in [0.5, 0.6) is 5.75 Å². The minimum atomic E-state index is -4.65. The highest BCUT2D eigenvalue weighted by atomic mass is 19.4. The lowest BCUT2D eigenvalue weighted by molar-refractivity contribution is -0.274. The molecule has 21 heavy (non-hydrogen) atoms. The number of hydrogen-bond donors (Lipinski definition) is 1. The number of anilines is 1. The molecule has 0 radical (unpaired) electrons. The largest absolute Gasteiger partial charge is 0.573 e. The summed E-state index contributed by atoms with van der Waals surface area (Å²) >= 11 is 0. The minimum Gasteiger partial charge on any atom is -0.406 e. The van der Waals surface area contributed by atoms with Crippen LogP contribution < -0.4 is 10.1 Å². The maximum Gasteiger partial charge on any atom is 0.573 e. The molecule has 118 valence electrons. The summed E-state index contributed by atoms with van der Waals surface area (Å²) in [5.74, 6) is -0.184. The molecular formula is C15H21F3N2O. The average molecular weight is 302 g/mol. The van der Waals surface area contributed by atoms with Crippen molar-refractivity contribution < 1.29 is 17.9 Å². The normalized spacial score (nSPS) is 17.7. The van der Waals surface area contributed by atoms with Crippen molar-refractivity contribution in [3.05, 3.63) is 24.3 Å². The van der Waals surface area contributed by atoms with Gasteiger partial charge in [-0.3, -0.25) is 0 Å². The summed E-state index contributed by atoms with van der Waals surface area (Å²) in [6.07, 6.45) is -1.49. The standard InChI is InChI=1S/C15H21F3N2O/c1-2-8-20-9-6-12(7-10-20)19-13-4-3-5-14(11-13)21-15(16,17)18/h3-5,11-12,19H,2,6-10H2,1H3. The van der Waals surface area contributed by atoms with Crippen LogP contribution in [-0.2, 0) is 0 Å². The molecule has 1 aliphatic rings. The lowest BCUT2D eigenvalue weighted by atomic mass is 10.0. The maximum atomic E-state index is 12.2. The number of nitrogens with zero attached hydrogens (tertiary/aromatic N) is 1. The molecule has 0 bridgehead atoms. The number of halogens is 3. The molecule has 6 heteroatoms. The second-order valence-electron chi connectivity index (χ2n) is 5.34. The topological polar surface area (TPSA) is 24.5 Å². The number of ether oxygens (including phenoxy) is 1. The Kier molecular flexibility index (Phi) is 5.33. The molecule has 0 spiro atoms. The molecule has 0 aliphatic carbocycles. The zero-order valence-corrected chi connectivity index (χ0v) is 12.1. The van der Waals surface area contributed by atoms with E-state index in [-0.39, 0.29) is 5.75 Å². The second-order valence-corrected chi connectivity index (χ2v) is 5.34. The first-order valence-electron chi connectivity index (χ1n) is 7.31. The van der Waals surface area contributed by atoms with Gasteiger partial charge < -0.3 is 15.0 Å². The maximum absolute atomic E-state index is 12.2. The smallest absolute Gasteiger partial charge is 0.406 e. The van der Waals surface area contributed by atoms with E-state index in [2.05, 4.69) is 21.9 Å². The molecule has 2 rings (SSSR count). The fraction of sp³-hybridized carbons (Fsp3) is 0.600. The Labute approximate surface area is 123 Å². The molecule has 1 heterocycles. The summed E-state index contributed by atoms with van der Waals surface area (Å²) in [6, 6.07) is 6.34. The van der Waals surface area contributed by atoms with Gasteiger partial charge in [0.1, 0.15) is 5.75 Å². The molecule has 1 aliphatic heterocycles. The van der Waals surface area contributed by atoms with Gasteiger partial charge in [0.15, 0.2) is 0 Å². The molecular weight excluding hydrogens is 281 g/mol. The first-order chi connectivity index (χ1) is 9.96. The van der Waals surface area contributed by atoms with E-state index in [9.17, 15) is 13.2 Å². The van der Waals surface area contributed by atoms with Crippen molar-refractivity contribution >= 4 is 5.69 Å². The van der Waals surface area contributed by atoms with Crippen molar-refractivity contribution in [2.24, 2.45) is 0 Å². The Bertz CT molecular complexity index is 443. The first-order valence-corrected chi connectivity index (χ1v) is 7.31. The van der Waals surface area contributed by atoms with Gasteiger partial charge in [0.25, 0.3) is 0 Å². The predicted octanol–water partition coefficient (Wildman–Crippen LogP) is 3.87. The van der Waals surface area contributed by atoms with Crippen molar-refractivity contribution in [3.8, 4) is 5.75 Å². The van der Waals surface area contributed by atoms with Crippen LogP contribution in [0.1, 0.15) is 26.2 Å². The third kappa shape index (κ3) is 5.46. The monoisotopic (exact) mass is 302 g/mol. The average Bonchev–Trinajstić information content (AvgIpc) is 2.40. The van der Waals surface area contributed by atoms with Gasteiger partial charge in [-0.05, 0) is 37.9 Å². The number of nitrogens with one attached hydrogen (secondary N) is 1. The van der Waals surface area contributed by atoms with Crippen LogP contribution in [0.4, 0.5) is 18.9 Å². The minimum absolute atomic E-state index is 0.184. The van der Waals surface area contributed by atoms with Gasteiger partial charge in [0, 0.05) is 30.9 Å². The number of alkyl halides is 3. The Hall–Kier alpha value is -1.43. The van der Waals surface area contributed by atoms with Gasteiger partial charge in [-0.25, -0.2) is 0 Å². The third-order valence-electron chi connectivity index (χ3n) is 3.57.